The van der Waals surface area contributed by atoms with Crippen molar-refractivity contribution in [2.75, 3.05) is 27.2 Å². The van der Waals surface area contributed by atoms with E-state index in [1.807, 2.05) is 77.9 Å². The van der Waals surface area contributed by atoms with Crippen LogP contribution in [-0.4, -0.2) is 133 Å². The van der Waals surface area contributed by atoms with Crippen LogP contribution in [0.5, 0.6) is 0 Å². The lowest BCUT2D eigenvalue weighted by atomic mass is 9.85. The Labute approximate surface area is 461 Å². The monoisotopic (exact) mass is 1090 g/mol. The molecule has 76 heavy (non-hydrogen) atoms. The Balaban J connectivity index is 0.00000624. The molecule has 8 N–H and O–H groups in total. The lowest BCUT2D eigenvalue weighted by Gasteiger charge is -2.36. The summed E-state index contributed by atoms with van der Waals surface area (Å²) in [7, 11) is 3.31. The van der Waals surface area contributed by atoms with Crippen LogP contribution in [0.15, 0.2) is 60.7 Å². The number of halogens is 2. The highest BCUT2D eigenvalue weighted by Gasteiger charge is 2.48. The van der Waals surface area contributed by atoms with Crippen molar-refractivity contribution in [1.29, 1.82) is 0 Å². The van der Waals surface area contributed by atoms with Crippen molar-refractivity contribution >= 4 is 72.1 Å². The molecule has 8 amide bonds. The van der Waals surface area contributed by atoms with Crippen molar-refractivity contribution in [3.63, 3.8) is 0 Å². The maximum absolute atomic E-state index is 14.5. The molecule has 4 aliphatic rings. The van der Waals surface area contributed by atoms with Gasteiger partial charge in [-0.1, -0.05) is 102 Å². The fourth-order valence-electron chi connectivity index (χ4n) is 10.6. The van der Waals surface area contributed by atoms with E-state index in [4.69, 9.17) is 0 Å². The Kier molecular flexibility index (Phi) is 22.9. The number of rotatable bonds is 18. The van der Waals surface area contributed by atoms with E-state index in [1.165, 1.54) is 20.9 Å². The van der Waals surface area contributed by atoms with E-state index >= 15 is 0 Å². The minimum absolute atomic E-state index is 0. The van der Waals surface area contributed by atoms with Crippen molar-refractivity contribution in [1.82, 2.24) is 52.3 Å². The lowest BCUT2D eigenvalue weighted by Crippen LogP contribution is -2.59. The third-order valence-corrected chi connectivity index (χ3v) is 15.1. The highest BCUT2D eigenvalue weighted by atomic mass is 35.5. The van der Waals surface area contributed by atoms with E-state index < -0.39 is 71.0 Å². The molecule has 2 aliphatic carbocycles. The molecular weight excluding hydrogens is 1010 g/mol. The number of benzene rings is 2. The standard InChI is InChI=1S/C56H82N10O8.2ClH/c1-33(57-9)49(69)63-47(55(3,4)5)53(73)65-31-37(29-43(65)51(71)61-41-25-17-21-35-19-11-13-23-39(35)41)59-45(67)27-15-16-28-46(68)60-38-30-44(52(72)62-42-26-18-22-36-20-12-14-24-40(36)42)66(32-38)54(74)48(56(6,7)8)64-50(70)34(2)58-10;;/h11-16,19-20,23-24,33-34,37-38,41-44,47-48,57-58H,17-18,21-22,25-32H2,1-10H3,(H,59,67)(H,60,68)(H,61,71)(H,62,72)(H,63,69)(H,64,70);2*1H/b16-15+;;/t33-,34-,37-,38-,41+,42+,43-,44?,47-,48-;;/m0../s1. The normalized spacial score (nSPS) is 22.7. The summed E-state index contributed by atoms with van der Waals surface area (Å²) in [6.45, 7) is 14.6. The average molecular weight is 1100 g/mol. The number of carbonyl (C=O) groups is 8. The van der Waals surface area contributed by atoms with Crippen LogP contribution in [0.3, 0.4) is 0 Å². The van der Waals surface area contributed by atoms with Gasteiger partial charge < -0.3 is 52.3 Å². The highest BCUT2D eigenvalue weighted by molar-refractivity contribution is 5.96. The molecule has 2 aromatic rings. The SMILES string of the molecule is CN[C@@H](C)C(=O)N[C@@H](C(=O)N1C[C@@H](NC(=O)C/C=C/CC(=O)N[C@H]2C[C@@H](C(=O)N[C@@H]3CCCc4ccccc43)N(C(=O)[C@H](NC(=O)[C@H](C)NC)C(C)(C)C)C2)CC1C(=O)N[C@@H]1CCCc2ccccc21)C(C)(C)C.Cl.Cl. The Morgan fingerprint density at radius 3 is 1.26 bits per heavy atom. The zero-order valence-electron chi connectivity index (χ0n) is 46.0. The Bertz CT molecular complexity index is 2260. The van der Waals surface area contributed by atoms with Gasteiger partial charge in [0.2, 0.25) is 47.3 Å². The molecule has 0 bridgehead atoms. The quantitative estimate of drug-likeness (QED) is 0.0999. The first-order chi connectivity index (χ1) is 35.0. The zero-order valence-corrected chi connectivity index (χ0v) is 47.6. The summed E-state index contributed by atoms with van der Waals surface area (Å²) in [5.74, 6) is -2.95. The number of likely N-dealkylation sites (N-methyl/N-ethyl adjacent to an activating group) is 2. The number of nitrogens with one attached hydrogen (secondary N) is 8. The minimum Gasteiger partial charge on any atom is -0.351 e. The van der Waals surface area contributed by atoms with E-state index in [1.54, 1.807) is 40.1 Å². The fourth-order valence-corrected chi connectivity index (χ4v) is 10.6. The Hall–Kier alpha value is -5.56. The van der Waals surface area contributed by atoms with Crippen LogP contribution < -0.4 is 42.5 Å². The van der Waals surface area contributed by atoms with Crippen LogP contribution in [-0.2, 0) is 51.2 Å². The zero-order chi connectivity index (χ0) is 54.1. The van der Waals surface area contributed by atoms with Crippen LogP contribution in [0.1, 0.15) is 141 Å². The molecule has 1 unspecified atom stereocenters. The van der Waals surface area contributed by atoms with Gasteiger partial charge in [-0.25, -0.2) is 0 Å². The molecule has 20 heteroatoms. The molecule has 0 spiro atoms. The molecule has 0 radical (unpaired) electrons. The summed E-state index contributed by atoms with van der Waals surface area (Å²) >= 11 is 0. The van der Waals surface area contributed by atoms with Gasteiger partial charge in [0.05, 0.1) is 24.2 Å². The van der Waals surface area contributed by atoms with Crippen LogP contribution in [0.4, 0.5) is 0 Å². The van der Waals surface area contributed by atoms with Crippen molar-refractivity contribution in [3.8, 4) is 0 Å². The topological polar surface area (TPSA) is 239 Å². The number of nitrogens with zero attached hydrogens (tertiary/aromatic N) is 2. The van der Waals surface area contributed by atoms with Gasteiger partial charge >= 0.3 is 0 Å². The van der Waals surface area contributed by atoms with Gasteiger partial charge in [-0.2, -0.15) is 0 Å². The van der Waals surface area contributed by atoms with Crippen LogP contribution in [0.2, 0.25) is 0 Å². The molecule has 2 saturated heterocycles. The fraction of sp³-hybridized carbons (Fsp3) is 0.607. The van der Waals surface area contributed by atoms with Crippen LogP contribution in [0, 0.1) is 10.8 Å². The number of aryl methyl sites for hydroxylation is 2. The molecule has 0 aromatic heterocycles. The second-order valence-electron chi connectivity index (χ2n) is 22.8. The van der Waals surface area contributed by atoms with Crippen LogP contribution in [0.25, 0.3) is 0 Å². The van der Waals surface area contributed by atoms with E-state index in [0.29, 0.717) is 0 Å². The summed E-state index contributed by atoms with van der Waals surface area (Å²) in [5.41, 5.74) is 3.02. The predicted octanol–water partition coefficient (Wildman–Crippen LogP) is 4.00. The average Bonchev–Trinajstić information content (AvgIpc) is 3.99. The largest absolute Gasteiger partial charge is 0.351 e. The molecule has 6 rings (SSSR count). The molecular formula is C56H84Cl2N10O8. The van der Waals surface area contributed by atoms with Crippen molar-refractivity contribution in [2.24, 2.45) is 10.8 Å². The van der Waals surface area contributed by atoms with Gasteiger partial charge in [-0.15, -0.1) is 24.8 Å². The number of hydrogen-bond acceptors (Lipinski definition) is 10. The smallest absolute Gasteiger partial charge is 0.246 e. The molecule has 420 valence electrons. The molecule has 0 saturated carbocycles. The van der Waals surface area contributed by atoms with Gasteiger partial charge in [-0.05, 0) is 112 Å². The number of fused-ring (bicyclic) bond motifs is 2. The number of likely N-dealkylation sites (tertiary alicyclic amines) is 2. The van der Waals surface area contributed by atoms with Crippen molar-refractivity contribution < 1.29 is 38.4 Å². The maximum atomic E-state index is 14.5. The van der Waals surface area contributed by atoms with Crippen LogP contribution >= 0.6 is 24.8 Å². The first-order valence-corrected chi connectivity index (χ1v) is 26.6. The highest BCUT2D eigenvalue weighted by Crippen LogP contribution is 2.34. The first-order valence-electron chi connectivity index (χ1n) is 26.6. The Morgan fingerprint density at radius 2 is 0.921 bits per heavy atom. The second kappa shape index (κ2) is 27.7. The Morgan fingerprint density at radius 1 is 0.566 bits per heavy atom. The molecule has 18 nitrogen and oxygen atoms in total. The predicted molar refractivity (Wildman–Crippen MR) is 297 cm³/mol. The summed E-state index contributed by atoms with van der Waals surface area (Å²) in [4.78, 5) is 114. The van der Waals surface area contributed by atoms with E-state index in [0.717, 1.165) is 49.7 Å². The third-order valence-electron chi connectivity index (χ3n) is 15.1. The van der Waals surface area contributed by atoms with Gasteiger partial charge in [0.15, 0.2) is 0 Å². The maximum Gasteiger partial charge on any atom is 0.246 e. The summed E-state index contributed by atoms with van der Waals surface area (Å²) in [6, 6.07) is 9.53. The first kappa shape index (κ1) is 63.0. The summed E-state index contributed by atoms with van der Waals surface area (Å²) < 4.78 is 0. The van der Waals surface area contributed by atoms with Crippen molar-refractivity contribution in [3.05, 3.63) is 82.9 Å². The third kappa shape index (κ3) is 16.0. The second-order valence-corrected chi connectivity index (χ2v) is 22.8. The van der Waals surface area contributed by atoms with E-state index in [9.17, 15) is 38.4 Å². The molecule has 2 heterocycles. The van der Waals surface area contributed by atoms with Crippen molar-refractivity contribution in [2.45, 2.75) is 180 Å². The minimum atomic E-state index is -0.962. The van der Waals surface area contributed by atoms with Gasteiger partial charge in [0.25, 0.3) is 0 Å². The summed E-state index contributed by atoms with van der Waals surface area (Å²) in [6.07, 6.45) is 8.45. The number of carbonyl (C=O) groups excluding carboxylic acids is 8. The van der Waals surface area contributed by atoms with E-state index in [2.05, 4.69) is 54.7 Å². The van der Waals surface area contributed by atoms with Gasteiger partial charge in [0, 0.05) is 38.0 Å². The summed E-state index contributed by atoms with van der Waals surface area (Å²) in [5, 5.41) is 24.1. The van der Waals surface area contributed by atoms with Gasteiger partial charge in [-0.3, -0.25) is 38.4 Å². The number of amides is 8. The van der Waals surface area contributed by atoms with E-state index in [-0.39, 0.29) is 111 Å². The molecule has 2 aliphatic heterocycles. The molecule has 2 fully saturated rings. The van der Waals surface area contributed by atoms with Gasteiger partial charge in [0.1, 0.15) is 24.2 Å². The molecule has 2 aromatic carbocycles. The molecule has 10 atom stereocenters. The number of hydrogen-bond donors (Lipinski definition) is 8. The lowest BCUT2D eigenvalue weighted by molar-refractivity contribution is -0.144.